The Kier molecular flexibility index (Phi) is 3.73. The summed E-state index contributed by atoms with van der Waals surface area (Å²) in [6.45, 7) is 3.56. The highest BCUT2D eigenvalue weighted by atomic mass is 35.5. The highest BCUT2D eigenvalue weighted by Crippen LogP contribution is 2.19. The minimum absolute atomic E-state index is 0.0272. The minimum Gasteiger partial charge on any atom is -0.293 e. The van der Waals surface area contributed by atoms with Gasteiger partial charge in [-0.25, -0.2) is 0 Å². The van der Waals surface area contributed by atoms with E-state index in [0.29, 0.717) is 10.6 Å². The normalized spacial score (nSPS) is 9.07. The molecule has 0 aromatic heterocycles. The molecule has 0 amide bonds. The Morgan fingerprint density at radius 2 is 2.21 bits per heavy atom. The number of rotatable bonds is 2. The predicted octanol–water partition coefficient (Wildman–Crippen LogP) is 3.24. The maximum Gasteiger partial charge on any atom is 0.175 e. The Morgan fingerprint density at radius 1 is 1.50 bits per heavy atom. The second kappa shape index (κ2) is 4.83. The third-order valence-electron chi connectivity index (χ3n) is 1.99. The molecule has 1 rings (SSSR count). The quantitative estimate of drug-likeness (QED) is 0.536. The first-order valence-corrected chi connectivity index (χ1v) is 4.72. The van der Waals surface area contributed by atoms with Gasteiger partial charge < -0.3 is 0 Å². The summed E-state index contributed by atoms with van der Waals surface area (Å²) < 4.78 is 0. The first kappa shape index (κ1) is 10.8. The summed E-state index contributed by atoms with van der Waals surface area (Å²) in [5.41, 5.74) is 1.50. The smallest absolute Gasteiger partial charge is 0.175 e. The van der Waals surface area contributed by atoms with Gasteiger partial charge in [0, 0.05) is 10.6 Å². The molecule has 0 atom stereocenters. The van der Waals surface area contributed by atoms with Gasteiger partial charge in [0.05, 0.1) is 6.42 Å². The summed E-state index contributed by atoms with van der Waals surface area (Å²) in [6, 6.07) is 5.34. The van der Waals surface area contributed by atoms with E-state index in [-0.39, 0.29) is 12.2 Å². The van der Waals surface area contributed by atoms with Gasteiger partial charge in [0.2, 0.25) is 0 Å². The van der Waals surface area contributed by atoms with Gasteiger partial charge in [-0.15, -0.1) is 5.92 Å². The summed E-state index contributed by atoms with van der Waals surface area (Å²) in [6.07, 6.45) is 0.262. The zero-order valence-corrected chi connectivity index (χ0v) is 8.98. The Hall–Kier alpha value is -1.26. The van der Waals surface area contributed by atoms with Gasteiger partial charge in [-0.05, 0) is 25.5 Å². The Balaban J connectivity index is 2.99. The van der Waals surface area contributed by atoms with Crippen LogP contribution in [0.3, 0.4) is 0 Å². The molecule has 0 saturated heterocycles. The van der Waals surface area contributed by atoms with E-state index in [4.69, 9.17) is 11.6 Å². The SMILES string of the molecule is CC#CCC(=O)c1cccc(Cl)c1C. The molecule has 0 aliphatic rings. The Morgan fingerprint density at radius 3 is 2.86 bits per heavy atom. The lowest BCUT2D eigenvalue weighted by Crippen LogP contribution is -2.00. The van der Waals surface area contributed by atoms with E-state index in [1.54, 1.807) is 25.1 Å². The molecule has 1 nitrogen and oxygen atoms in total. The molecule has 1 aromatic carbocycles. The Bertz CT molecular complexity index is 410. The molecule has 72 valence electrons. The molecule has 0 spiro atoms. The van der Waals surface area contributed by atoms with E-state index in [0.717, 1.165) is 5.56 Å². The number of Topliss-reactive ketones (excluding diaryl/α,β-unsaturated/α-hetero) is 1. The van der Waals surface area contributed by atoms with Gasteiger partial charge in [0.15, 0.2) is 5.78 Å². The van der Waals surface area contributed by atoms with Crippen LogP contribution in [0, 0.1) is 18.8 Å². The van der Waals surface area contributed by atoms with E-state index in [9.17, 15) is 4.79 Å². The predicted molar refractivity (Wildman–Crippen MR) is 58.6 cm³/mol. The molecule has 0 N–H and O–H groups in total. The zero-order chi connectivity index (χ0) is 10.6. The first-order chi connectivity index (χ1) is 6.66. The van der Waals surface area contributed by atoms with Crippen molar-refractivity contribution in [3.05, 3.63) is 34.3 Å². The van der Waals surface area contributed by atoms with Crippen LogP contribution in [-0.4, -0.2) is 5.78 Å². The lowest BCUT2D eigenvalue weighted by molar-refractivity contribution is 0.0997. The zero-order valence-electron chi connectivity index (χ0n) is 8.23. The van der Waals surface area contributed by atoms with Crippen molar-refractivity contribution < 1.29 is 4.79 Å². The van der Waals surface area contributed by atoms with Crippen LogP contribution in [-0.2, 0) is 0 Å². The molecule has 1 aromatic rings. The molecule has 0 heterocycles. The molecular weight excluding hydrogens is 196 g/mol. The maximum absolute atomic E-state index is 11.6. The number of ketones is 1. The number of hydrogen-bond donors (Lipinski definition) is 0. The molecule has 14 heavy (non-hydrogen) atoms. The van der Waals surface area contributed by atoms with Crippen LogP contribution in [0.4, 0.5) is 0 Å². The third-order valence-corrected chi connectivity index (χ3v) is 2.40. The molecule has 2 heteroatoms. The number of benzene rings is 1. The highest BCUT2D eigenvalue weighted by molar-refractivity contribution is 6.31. The van der Waals surface area contributed by atoms with Crippen LogP contribution in [0.2, 0.25) is 5.02 Å². The van der Waals surface area contributed by atoms with E-state index in [2.05, 4.69) is 11.8 Å². The second-order valence-electron chi connectivity index (χ2n) is 2.94. The van der Waals surface area contributed by atoms with Gasteiger partial charge in [0.25, 0.3) is 0 Å². The van der Waals surface area contributed by atoms with E-state index in [1.807, 2.05) is 6.92 Å². The third kappa shape index (κ3) is 2.37. The molecule has 0 radical (unpaired) electrons. The van der Waals surface area contributed by atoms with Crippen LogP contribution >= 0.6 is 11.6 Å². The standard InChI is InChI=1S/C12H11ClO/c1-3-4-8-12(14)10-6-5-7-11(13)9(10)2/h5-7H,8H2,1-2H3. The maximum atomic E-state index is 11.6. The molecular formula is C12H11ClO. The largest absolute Gasteiger partial charge is 0.293 e. The summed E-state index contributed by atoms with van der Waals surface area (Å²) in [4.78, 5) is 11.6. The lowest BCUT2D eigenvalue weighted by atomic mass is 10.0. The van der Waals surface area contributed by atoms with E-state index < -0.39 is 0 Å². The summed E-state index contributed by atoms with van der Waals surface area (Å²) in [5.74, 6) is 5.48. The minimum atomic E-state index is 0.0272. The highest BCUT2D eigenvalue weighted by Gasteiger charge is 2.08. The van der Waals surface area contributed by atoms with E-state index >= 15 is 0 Å². The molecule has 0 bridgehead atoms. The number of carbonyl (C=O) groups excluding carboxylic acids is 1. The lowest BCUT2D eigenvalue weighted by Gasteiger charge is -2.03. The number of hydrogen-bond acceptors (Lipinski definition) is 1. The Labute approximate surface area is 89.1 Å². The fourth-order valence-electron chi connectivity index (χ4n) is 1.17. The molecule has 0 aliphatic heterocycles. The van der Waals surface area contributed by atoms with Crippen LogP contribution < -0.4 is 0 Å². The van der Waals surface area contributed by atoms with Crippen molar-refractivity contribution in [3.8, 4) is 11.8 Å². The number of carbonyl (C=O) groups is 1. The second-order valence-corrected chi connectivity index (χ2v) is 3.35. The van der Waals surface area contributed by atoms with Crippen LogP contribution in [0.15, 0.2) is 18.2 Å². The van der Waals surface area contributed by atoms with Crippen LogP contribution in [0.1, 0.15) is 29.3 Å². The fraction of sp³-hybridized carbons (Fsp3) is 0.250. The summed E-state index contributed by atoms with van der Waals surface area (Å²) in [5, 5.41) is 0.625. The van der Waals surface area contributed by atoms with Crippen molar-refractivity contribution in [3.63, 3.8) is 0 Å². The molecule has 0 saturated carbocycles. The number of halogens is 1. The van der Waals surface area contributed by atoms with Gasteiger partial charge in [-0.3, -0.25) is 4.79 Å². The average molecular weight is 207 g/mol. The summed E-state index contributed by atoms with van der Waals surface area (Å²) >= 11 is 5.90. The molecule has 0 unspecified atom stereocenters. The van der Waals surface area contributed by atoms with Gasteiger partial charge in [0.1, 0.15) is 0 Å². The van der Waals surface area contributed by atoms with Gasteiger partial charge in [-0.2, -0.15) is 0 Å². The van der Waals surface area contributed by atoms with Crippen molar-refractivity contribution in [1.29, 1.82) is 0 Å². The topological polar surface area (TPSA) is 17.1 Å². The monoisotopic (exact) mass is 206 g/mol. The van der Waals surface area contributed by atoms with Crippen LogP contribution in [0.5, 0.6) is 0 Å². The van der Waals surface area contributed by atoms with Crippen molar-refractivity contribution in [2.75, 3.05) is 0 Å². The molecule has 0 aliphatic carbocycles. The first-order valence-electron chi connectivity index (χ1n) is 4.34. The fourth-order valence-corrected chi connectivity index (χ4v) is 1.35. The van der Waals surface area contributed by atoms with Crippen molar-refractivity contribution in [1.82, 2.24) is 0 Å². The van der Waals surface area contributed by atoms with E-state index in [1.165, 1.54) is 0 Å². The average Bonchev–Trinajstić information content (AvgIpc) is 2.18. The van der Waals surface area contributed by atoms with Crippen molar-refractivity contribution >= 4 is 17.4 Å². The molecule has 0 fully saturated rings. The summed E-state index contributed by atoms with van der Waals surface area (Å²) in [7, 11) is 0. The van der Waals surface area contributed by atoms with Crippen LogP contribution in [0.25, 0.3) is 0 Å². The van der Waals surface area contributed by atoms with Crippen molar-refractivity contribution in [2.24, 2.45) is 0 Å². The van der Waals surface area contributed by atoms with Gasteiger partial charge in [-0.1, -0.05) is 29.7 Å². The van der Waals surface area contributed by atoms with Crippen molar-refractivity contribution in [2.45, 2.75) is 20.3 Å². The van der Waals surface area contributed by atoms with Gasteiger partial charge >= 0.3 is 0 Å².